The topological polar surface area (TPSA) is 117 Å². The number of nitrogens with one attached hydrogen (secondary N) is 1. The van der Waals surface area contributed by atoms with Gasteiger partial charge in [0.05, 0.1) is 34.6 Å². The minimum atomic E-state index is -3.97. The normalized spacial score (nSPS) is 18.6. The maximum atomic E-state index is 13.7. The van der Waals surface area contributed by atoms with Gasteiger partial charge in [-0.3, -0.25) is 14.4 Å². The fourth-order valence-corrected chi connectivity index (χ4v) is 5.91. The van der Waals surface area contributed by atoms with E-state index in [1.54, 1.807) is 37.1 Å². The van der Waals surface area contributed by atoms with E-state index in [1.807, 2.05) is 26.1 Å². The monoisotopic (exact) mass is 609 g/mol. The summed E-state index contributed by atoms with van der Waals surface area (Å²) in [5, 5.41) is 10.7. The third-order valence-corrected chi connectivity index (χ3v) is 8.81. The summed E-state index contributed by atoms with van der Waals surface area (Å²) in [6, 6.07) is 9.66. The first-order valence-corrected chi connectivity index (χ1v) is 15.0. The van der Waals surface area contributed by atoms with Crippen LogP contribution >= 0.6 is 23.2 Å². The number of aliphatic hydroxyl groups is 1. The lowest BCUT2D eigenvalue weighted by Crippen LogP contribution is -2.49. The molecule has 4 rings (SSSR count). The number of ether oxygens (including phenoxy) is 1. The molecule has 216 valence electrons. The van der Waals surface area contributed by atoms with Crippen LogP contribution in [0, 0.1) is 5.92 Å². The van der Waals surface area contributed by atoms with E-state index < -0.39 is 16.1 Å². The van der Waals surface area contributed by atoms with E-state index in [9.17, 15) is 18.3 Å². The van der Waals surface area contributed by atoms with Crippen molar-refractivity contribution < 1.29 is 23.1 Å². The SMILES string of the molecule is C[C@H]1CN([C@@H](C)CO)C(=O)c2cc(NS(=O)(=O)c3cn(C)cn3)ccc2O[C@H]1CN(C)Cc1ccc(Cl)c(Cl)c1. The van der Waals surface area contributed by atoms with Crippen LogP contribution in [-0.2, 0) is 23.6 Å². The summed E-state index contributed by atoms with van der Waals surface area (Å²) in [6.45, 7) is 5.02. The first-order valence-electron chi connectivity index (χ1n) is 12.7. The van der Waals surface area contributed by atoms with Crippen LogP contribution in [0.15, 0.2) is 53.9 Å². The number of nitrogens with zero attached hydrogens (tertiary/aromatic N) is 4. The molecule has 2 N–H and O–H groups in total. The van der Waals surface area contributed by atoms with E-state index in [-0.39, 0.29) is 40.8 Å². The molecule has 2 aromatic carbocycles. The van der Waals surface area contributed by atoms with E-state index in [2.05, 4.69) is 14.6 Å². The highest BCUT2D eigenvalue weighted by Gasteiger charge is 2.34. The predicted molar refractivity (Wildman–Crippen MR) is 154 cm³/mol. The molecule has 1 aliphatic rings. The van der Waals surface area contributed by atoms with Gasteiger partial charge >= 0.3 is 0 Å². The predicted octanol–water partition coefficient (Wildman–Crippen LogP) is 3.88. The molecule has 0 spiro atoms. The number of imidazole rings is 1. The molecule has 1 amide bonds. The van der Waals surface area contributed by atoms with Gasteiger partial charge in [-0.1, -0.05) is 36.2 Å². The highest BCUT2D eigenvalue weighted by molar-refractivity contribution is 7.92. The van der Waals surface area contributed by atoms with Crippen LogP contribution in [0.3, 0.4) is 0 Å². The Bertz CT molecular complexity index is 1480. The first-order chi connectivity index (χ1) is 18.9. The van der Waals surface area contributed by atoms with Crippen LogP contribution in [0.4, 0.5) is 5.69 Å². The standard InChI is InChI=1S/C27H33Cl2N5O5S/c1-17-11-34(18(2)15-35)27(36)21-10-20(31-40(37,38)26-14-33(4)16-30-26)6-8-24(21)39-25(17)13-32(3)12-19-5-7-22(28)23(29)9-19/h5-10,14,16-18,25,31,35H,11-13,15H2,1-4H3/t17-,18-,25-/m0/s1. The van der Waals surface area contributed by atoms with Crippen molar-refractivity contribution in [1.29, 1.82) is 0 Å². The van der Waals surface area contributed by atoms with E-state index in [0.717, 1.165) is 5.56 Å². The van der Waals surface area contributed by atoms with Crippen LogP contribution in [0.5, 0.6) is 5.75 Å². The van der Waals surface area contributed by atoms with Gasteiger partial charge in [0, 0.05) is 44.5 Å². The van der Waals surface area contributed by atoms with Gasteiger partial charge in [-0.2, -0.15) is 8.42 Å². The van der Waals surface area contributed by atoms with E-state index >= 15 is 0 Å². The molecule has 3 atom stereocenters. The lowest BCUT2D eigenvalue weighted by Gasteiger charge is -2.38. The van der Waals surface area contributed by atoms with Gasteiger partial charge in [0.1, 0.15) is 11.9 Å². The van der Waals surface area contributed by atoms with Crippen molar-refractivity contribution in [3.63, 3.8) is 0 Å². The highest BCUT2D eigenvalue weighted by Crippen LogP contribution is 2.31. The maximum Gasteiger partial charge on any atom is 0.280 e. The second-order valence-electron chi connectivity index (χ2n) is 10.3. The first kappa shape index (κ1) is 30.1. The Morgan fingerprint density at radius 3 is 2.62 bits per heavy atom. The van der Waals surface area contributed by atoms with Crippen molar-refractivity contribution in [3.05, 3.63) is 70.1 Å². The molecular weight excluding hydrogens is 577 g/mol. The van der Waals surface area contributed by atoms with Gasteiger partial charge in [0.2, 0.25) is 0 Å². The zero-order chi connectivity index (χ0) is 29.2. The number of aromatic nitrogens is 2. The summed E-state index contributed by atoms with van der Waals surface area (Å²) in [4.78, 5) is 21.3. The van der Waals surface area contributed by atoms with Gasteiger partial charge in [0.15, 0.2) is 5.03 Å². The van der Waals surface area contributed by atoms with Gasteiger partial charge in [-0.05, 0) is 49.9 Å². The molecule has 13 heteroatoms. The number of amides is 1. The van der Waals surface area contributed by atoms with Crippen LogP contribution in [0.25, 0.3) is 0 Å². The second-order valence-corrected chi connectivity index (χ2v) is 12.7. The largest absolute Gasteiger partial charge is 0.488 e. The van der Waals surface area contributed by atoms with Gasteiger partial charge in [-0.15, -0.1) is 0 Å². The van der Waals surface area contributed by atoms with E-state index in [0.29, 0.717) is 35.4 Å². The lowest BCUT2D eigenvalue weighted by atomic mass is 9.99. The Morgan fingerprint density at radius 1 is 1.23 bits per heavy atom. The Labute approximate surface area is 244 Å². The fourth-order valence-electron chi connectivity index (χ4n) is 4.56. The number of hydrogen-bond acceptors (Lipinski definition) is 7. The fraction of sp³-hybridized carbons (Fsp3) is 0.407. The third kappa shape index (κ3) is 6.90. The van der Waals surface area contributed by atoms with E-state index in [4.69, 9.17) is 27.9 Å². The summed E-state index contributed by atoms with van der Waals surface area (Å²) < 4.78 is 36.1. The number of aliphatic hydroxyl groups excluding tert-OH is 1. The number of carbonyl (C=O) groups excluding carboxylic acids is 1. The number of sulfonamides is 1. The molecule has 0 radical (unpaired) electrons. The van der Waals surface area contributed by atoms with Crippen molar-refractivity contribution in [3.8, 4) is 5.75 Å². The summed E-state index contributed by atoms with van der Waals surface area (Å²) in [6.07, 6.45) is 2.46. The molecule has 2 heterocycles. The molecule has 0 saturated heterocycles. The Morgan fingerprint density at radius 2 is 1.98 bits per heavy atom. The average Bonchev–Trinajstić information content (AvgIpc) is 3.35. The number of halogens is 2. The van der Waals surface area contributed by atoms with Gasteiger partial charge in [-0.25, -0.2) is 4.98 Å². The molecule has 1 aliphatic heterocycles. The summed E-state index contributed by atoms with van der Waals surface area (Å²) in [7, 11) is -0.335. The zero-order valence-electron chi connectivity index (χ0n) is 22.7. The lowest BCUT2D eigenvalue weighted by molar-refractivity contribution is 0.0341. The second kappa shape index (κ2) is 12.4. The highest BCUT2D eigenvalue weighted by atomic mass is 35.5. The Balaban J connectivity index is 1.62. The average molecular weight is 611 g/mol. The number of aryl methyl sites for hydroxylation is 1. The van der Waals surface area contributed by atoms with Crippen molar-refractivity contribution in [1.82, 2.24) is 19.4 Å². The van der Waals surface area contributed by atoms with Crippen molar-refractivity contribution in [2.75, 3.05) is 31.5 Å². The molecule has 40 heavy (non-hydrogen) atoms. The number of hydrogen-bond donors (Lipinski definition) is 2. The van der Waals surface area contributed by atoms with Gasteiger partial charge in [0.25, 0.3) is 15.9 Å². The molecule has 0 fully saturated rings. The van der Waals surface area contributed by atoms with Crippen LogP contribution in [0.2, 0.25) is 10.0 Å². The van der Waals surface area contributed by atoms with Crippen LogP contribution in [-0.4, -0.2) is 77.7 Å². The molecular formula is C27H33Cl2N5O5S. The Hall–Kier alpha value is -2.83. The molecule has 0 aliphatic carbocycles. The molecule has 1 aromatic heterocycles. The smallest absolute Gasteiger partial charge is 0.280 e. The number of carbonyl (C=O) groups is 1. The molecule has 10 nitrogen and oxygen atoms in total. The molecule has 0 saturated carbocycles. The number of benzene rings is 2. The quantitative estimate of drug-likeness (QED) is 0.378. The molecule has 3 aromatic rings. The van der Waals surface area contributed by atoms with Crippen LogP contribution < -0.4 is 9.46 Å². The summed E-state index contributed by atoms with van der Waals surface area (Å²) in [5.41, 5.74) is 1.39. The molecule has 0 bridgehead atoms. The summed E-state index contributed by atoms with van der Waals surface area (Å²) in [5.74, 6) is -0.102. The minimum absolute atomic E-state index is 0.0790. The molecule has 0 unspecified atom stereocenters. The number of fused-ring (bicyclic) bond motifs is 1. The number of rotatable bonds is 9. The van der Waals surface area contributed by atoms with Crippen molar-refractivity contribution in [2.45, 2.75) is 37.6 Å². The van der Waals surface area contributed by atoms with Crippen LogP contribution in [0.1, 0.15) is 29.8 Å². The third-order valence-electron chi connectivity index (χ3n) is 6.80. The minimum Gasteiger partial charge on any atom is -0.488 e. The van der Waals surface area contributed by atoms with Crippen molar-refractivity contribution >= 4 is 44.8 Å². The number of likely N-dealkylation sites (N-methyl/N-ethyl adjacent to an activating group) is 1. The number of anilines is 1. The Kier molecular flexibility index (Phi) is 9.31. The summed E-state index contributed by atoms with van der Waals surface area (Å²) >= 11 is 12.2. The van der Waals surface area contributed by atoms with E-state index in [1.165, 1.54) is 23.2 Å². The van der Waals surface area contributed by atoms with Gasteiger partial charge < -0.3 is 19.3 Å². The zero-order valence-corrected chi connectivity index (χ0v) is 25.0. The van der Waals surface area contributed by atoms with Crippen molar-refractivity contribution in [2.24, 2.45) is 13.0 Å². The maximum absolute atomic E-state index is 13.7.